The molecule has 1 aliphatic heterocycles. The van der Waals surface area contributed by atoms with Crippen LogP contribution in [0.5, 0.6) is 0 Å². The summed E-state index contributed by atoms with van der Waals surface area (Å²) in [6, 6.07) is 18.1. The lowest BCUT2D eigenvalue weighted by molar-refractivity contribution is -0.346. The van der Waals surface area contributed by atoms with Crippen LogP contribution in [0, 0.1) is 0 Å². The summed E-state index contributed by atoms with van der Waals surface area (Å²) in [5.74, 6) is -14.9. The van der Waals surface area contributed by atoms with Crippen molar-refractivity contribution in [2.24, 2.45) is 0 Å². The maximum Gasteiger partial charge on any atom is 0.460 e. The third-order valence-electron chi connectivity index (χ3n) is 5.22. The molecule has 3 rings (SSSR count). The summed E-state index contributed by atoms with van der Waals surface area (Å²) in [5.41, 5.74) is 1.78. The summed E-state index contributed by atoms with van der Waals surface area (Å²) in [6.07, 6.45) is -6.54. The monoisotopic (exact) mass is 448 g/mol. The second-order valence-electron chi connectivity index (χ2n) is 7.20. The first kappa shape index (κ1) is 23.1. The van der Waals surface area contributed by atoms with Gasteiger partial charge in [0.2, 0.25) is 0 Å². The predicted octanol–water partition coefficient (Wildman–Crippen LogP) is 4.75. The molecule has 2 aromatic carbocycles. The van der Waals surface area contributed by atoms with Crippen LogP contribution < -0.4 is 0 Å². The van der Waals surface area contributed by atoms with E-state index in [0.29, 0.717) is 4.90 Å². The molecule has 2 aromatic rings. The summed E-state index contributed by atoms with van der Waals surface area (Å²) in [6.45, 7) is -0.765. The van der Waals surface area contributed by atoms with Crippen LogP contribution in [0.25, 0.3) is 0 Å². The van der Waals surface area contributed by atoms with Crippen LogP contribution >= 0.6 is 0 Å². The van der Waals surface area contributed by atoms with Crippen LogP contribution in [0.2, 0.25) is 0 Å². The quantitative estimate of drug-likeness (QED) is 0.617. The van der Waals surface area contributed by atoms with E-state index >= 15 is 0 Å². The van der Waals surface area contributed by atoms with Gasteiger partial charge >= 0.3 is 18.0 Å². The first-order valence-electron chi connectivity index (χ1n) is 9.42. The highest BCUT2D eigenvalue weighted by Crippen LogP contribution is 2.47. The van der Waals surface area contributed by atoms with Crippen molar-refractivity contribution in [2.45, 2.75) is 24.1 Å². The molecule has 0 unspecified atom stereocenters. The van der Waals surface area contributed by atoms with Gasteiger partial charge in [0.1, 0.15) is 0 Å². The number of amides is 1. The molecule has 1 amide bonds. The zero-order chi connectivity index (χ0) is 22.9. The van der Waals surface area contributed by atoms with Gasteiger partial charge in [0.15, 0.2) is 0 Å². The SMILES string of the molecule is O=C(N1CCN(C(c2ccccc2)c2ccccc2)CC1)C(F)(F)C(F)(F)C(F)(F)F. The summed E-state index contributed by atoms with van der Waals surface area (Å²) < 4.78 is 91.2. The molecule has 31 heavy (non-hydrogen) atoms. The Morgan fingerprint density at radius 3 is 1.52 bits per heavy atom. The summed E-state index contributed by atoms with van der Waals surface area (Å²) in [7, 11) is 0. The number of piperazine rings is 1. The van der Waals surface area contributed by atoms with Crippen LogP contribution in [0.3, 0.4) is 0 Å². The summed E-state index contributed by atoms with van der Waals surface area (Å²) in [4.78, 5) is 14.1. The maximum absolute atomic E-state index is 13.8. The number of carbonyl (C=O) groups excluding carboxylic acids is 1. The standard InChI is InChI=1S/C21H19F7N2O/c22-19(23,20(24,25)21(26,27)28)18(31)30-13-11-29(12-14-30)17(15-7-3-1-4-8-15)16-9-5-2-6-10-16/h1-10,17H,11-14H2. The second-order valence-corrected chi connectivity index (χ2v) is 7.20. The van der Waals surface area contributed by atoms with E-state index in [1.54, 1.807) is 0 Å². The van der Waals surface area contributed by atoms with Gasteiger partial charge in [-0.25, -0.2) is 0 Å². The number of alkyl halides is 7. The second kappa shape index (κ2) is 8.49. The lowest BCUT2D eigenvalue weighted by atomic mass is 9.96. The molecule has 0 spiro atoms. The van der Waals surface area contributed by atoms with Gasteiger partial charge in [0, 0.05) is 26.2 Å². The van der Waals surface area contributed by atoms with E-state index < -0.39 is 37.0 Å². The topological polar surface area (TPSA) is 23.6 Å². The molecule has 1 saturated heterocycles. The Morgan fingerprint density at radius 2 is 1.13 bits per heavy atom. The number of carbonyl (C=O) groups is 1. The van der Waals surface area contributed by atoms with E-state index in [9.17, 15) is 35.5 Å². The third kappa shape index (κ3) is 4.39. The molecule has 0 saturated carbocycles. The fourth-order valence-corrected chi connectivity index (χ4v) is 3.58. The van der Waals surface area contributed by atoms with E-state index in [4.69, 9.17) is 0 Å². The van der Waals surface area contributed by atoms with Crippen molar-refractivity contribution in [2.75, 3.05) is 26.2 Å². The van der Waals surface area contributed by atoms with Gasteiger partial charge in [-0.3, -0.25) is 9.69 Å². The molecule has 168 valence electrons. The molecule has 1 fully saturated rings. The fraction of sp³-hybridized carbons (Fsp3) is 0.381. The van der Waals surface area contributed by atoms with Crippen molar-refractivity contribution in [3.05, 3.63) is 71.8 Å². The van der Waals surface area contributed by atoms with Crippen LogP contribution in [0.15, 0.2) is 60.7 Å². The van der Waals surface area contributed by atoms with E-state index in [1.165, 1.54) is 0 Å². The van der Waals surface area contributed by atoms with Crippen molar-refractivity contribution >= 4 is 5.91 Å². The van der Waals surface area contributed by atoms with Crippen LogP contribution in [-0.4, -0.2) is 59.9 Å². The number of rotatable bonds is 5. The molecule has 1 aliphatic rings. The Morgan fingerprint density at radius 1 is 0.710 bits per heavy atom. The minimum Gasteiger partial charge on any atom is -0.335 e. The van der Waals surface area contributed by atoms with Crippen LogP contribution in [0.1, 0.15) is 17.2 Å². The lowest BCUT2D eigenvalue weighted by Crippen LogP contribution is -2.62. The van der Waals surface area contributed by atoms with Gasteiger partial charge in [-0.1, -0.05) is 60.7 Å². The largest absolute Gasteiger partial charge is 0.460 e. The Balaban J connectivity index is 1.78. The van der Waals surface area contributed by atoms with E-state index in [1.807, 2.05) is 65.6 Å². The highest BCUT2D eigenvalue weighted by Gasteiger charge is 2.76. The zero-order valence-corrected chi connectivity index (χ0v) is 16.1. The Hall–Kier alpha value is -2.62. The molecule has 0 atom stereocenters. The first-order chi connectivity index (χ1) is 14.5. The van der Waals surface area contributed by atoms with Gasteiger partial charge in [-0.2, -0.15) is 30.7 Å². The predicted molar refractivity (Wildman–Crippen MR) is 98.8 cm³/mol. The average Bonchev–Trinajstić information content (AvgIpc) is 2.74. The molecule has 0 radical (unpaired) electrons. The third-order valence-corrected chi connectivity index (χ3v) is 5.22. The molecule has 0 aromatic heterocycles. The molecule has 3 nitrogen and oxygen atoms in total. The summed E-state index contributed by atoms with van der Waals surface area (Å²) >= 11 is 0. The van der Waals surface area contributed by atoms with E-state index in [-0.39, 0.29) is 19.1 Å². The molecule has 10 heteroatoms. The summed E-state index contributed by atoms with van der Waals surface area (Å²) in [5, 5.41) is 0. The Kier molecular flexibility index (Phi) is 6.31. The Labute approximate surface area is 174 Å². The fourth-order valence-electron chi connectivity index (χ4n) is 3.58. The van der Waals surface area contributed by atoms with Crippen molar-refractivity contribution < 1.29 is 35.5 Å². The number of hydrogen-bond acceptors (Lipinski definition) is 2. The molecular weight excluding hydrogens is 429 g/mol. The number of hydrogen-bond donors (Lipinski definition) is 0. The van der Waals surface area contributed by atoms with Crippen LogP contribution in [0.4, 0.5) is 30.7 Å². The average molecular weight is 448 g/mol. The van der Waals surface area contributed by atoms with Gasteiger partial charge in [-0.05, 0) is 11.1 Å². The number of benzene rings is 2. The Bertz CT molecular complexity index is 840. The first-order valence-corrected chi connectivity index (χ1v) is 9.42. The van der Waals surface area contributed by atoms with E-state index in [2.05, 4.69) is 0 Å². The molecule has 0 aliphatic carbocycles. The molecular formula is C21H19F7N2O. The van der Waals surface area contributed by atoms with Gasteiger partial charge in [0.05, 0.1) is 6.04 Å². The minimum atomic E-state index is -6.54. The highest BCUT2D eigenvalue weighted by atomic mass is 19.4. The van der Waals surface area contributed by atoms with Crippen LogP contribution in [-0.2, 0) is 4.79 Å². The normalized spacial score (nSPS) is 16.6. The van der Waals surface area contributed by atoms with Gasteiger partial charge in [0.25, 0.3) is 5.91 Å². The minimum absolute atomic E-state index is 0.0217. The van der Waals surface area contributed by atoms with E-state index in [0.717, 1.165) is 11.1 Å². The molecule has 0 N–H and O–H groups in total. The van der Waals surface area contributed by atoms with Crippen molar-refractivity contribution in [3.8, 4) is 0 Å². The van der Waals surface area contributed by atoms with Crippen molar-refractivity contribution in [1.29, 1.82) is 0 Å². The van der Waals surface area contributed by atoms with Crippen molar-refractivity contribution in [3.63, 3.8) is 0 Å². The zero-order valence-electron chi connectivity index (χ0n) is 16.1. The maximum atomic E-state index is 13.8. The highest BCUT2D eigenvalue weighted by molar-refractivity contribution is 5.85. The number of nitrogens with zero attached hydrogens (tertiary/aromatic N) is 2. The van der Waals surface area contributed by atoms with Gasteiger partial charge in [-0.15, -0.1) is 0 Å². The van der Waals surface area contributed by atoms with Crippen molar-refractivity contribution in [1.82, 2.24) is 9.80 Å². The molecule has 1 heterocycles. The van der Waals surface area contributed by atoms with Gasteiger partial charge < -0.3 is 4.90 Å². The number of halogens is 7. The lowest BCUT2D eigenvalue weighted by Gasteiger charge is -2.41. The smallest absolute Gasteiger partial charge is 0.335 e. The molecule has 0 bridgehead atoms.